The lowest BCUT2D eigenvalue weighted by atomic mass is 10.1. The highest BCUT2D eigenvalue weighted by atomic mass is 32.1. The van der Waals surface area contributed by atoms with Gasteiger partial charge in [0.2, 0.25) is 0 Å². The number of rotatable bonds is 7. The minimum absolute atomic E-state index is 0.148. The molecule has 30 heavy (non-hydrogen) atoms. The van der Waals surface area contributed by atoms with Gasteiger partial charge >= 0.3 is 0 Å². The van der Waals surface area contributed by atoms with Gasteiger partial charge in [0.15, 0.2) is 0 Å². The molecule has 0 atom stereocenters. The normalized spacial score (nSPS) is 10.6. The Bertz CT molecular complexity index is 1190. The summed E-state index contributed by atoms with van der Waals surface area (Å²) >= 11 is 2.97. The van der Waals surface area contributed by atoms with Crippen LogP contribution in [0.25, 0.3) is 15.6 Å². The predicted molar refractivity (Wildman–Crippen MR) is 119 cm³/mol. The molecule has 0 bridgehead atoms. The zero-order valence-electron chi connectivity index (χ0n) is 15.9. The topological polar surface area (TPSA) is 110 Å². The first-order valence-corrected chi connectivity index (χ1v) is 11.0. The number of hydrogen-bond acceptors (Lipinski definition) is 7. The number of aryl methyl sites for hydroxylation is 1. The van der Waals surface area contributed by atoms with Crippen LogP contribution in [-0.2, 0) is 6.42 Å². The van der Waals surface area contributed by atoms with Crippen molar-refractivity contribution in [1.29, 1.82) is 5.26 Å². The summed E-state index contributed by atoms with van der Waals surface area (Å²) in [5.74, 6) is 0.179. The molecule has 0 aliphatic carbocycles. The van der Waals surface area contributed by atoms with Crippen LogP contribution >= 0.6 is 22.7 Å². The number of nitrogens with one attached hydrogen (secondary N) is 1. The van der Waals surface area contributed by atoms with Crippen molar-refractivity contribution in [2.75, 3.05) is 12.3 Å². The molecule has 0 radical (unpaired) electrons. The van der Waals surface area contributed by atoms with E-state index in [1.54, 1.807) is 22.2 Å². The van der Waals surface area contributed by atoms with Crippen molar-refractivity contribution in [3.63, 3.8) is 0 Å². The molecule has 1 aromatic carbocycles. The number of carbonyl (C=O) groups is 1. The van der Waals surface area contributed by atoms with Gasteiger partial charge in [-0.05, 0) is 36.4 Å². The number of nitrogen functional groups attached to an aromatic ring is 1. The molecule has 0 spiro atoms. The van der Waals surface area contributed by atoms with E-state index in [9.17, 15) is 10.1 Å². The number of carbonyl (C=O) groups excluding carboxylic acids is 1. The smallest absolute Gasteiger partial charge is 0.263 e. The zero-order chi connectivity index (χ0) is 20.9. The molecule has 3 heterocycles. The van der Waals surface area contributed by atoms with Crippen LogP contribution in [0.1, 0.15) is 27.3 Å². The minimum atomic E-state index is -0.148. The lowest BCUT2D eigenvalue weighted by Gasteiger charge is -2.03. The molecule has 4 rings (SSSR count). The second-order valence-electron chi connectivity index (χ2n) is 6.43. The number of nitriles is 1. The van der Waals surface area contributed by atoms with Crippen LogP contribution in [0.4, 0.5) is 5.82 Å². The first-order valence-electron chi connectivity index (χ1n) is 9.28. The Labute approximate surface area is 181 Å². The Morgan fingerprint density at radius 2 is 2.07 bits per heavy atom. The molecule has 0 saturated heterocycles. The van der Waals surface area contributed by atoms with Crippen LogP contribution in [0.2, 0.25) is 0 Å². The standard InChI is InChI=1S/C21H18N6OS2/c22-12-15-16(26-27(19(15)23)14-6-2-1-3-7-14)8-4-10-24-20(28)18-13-25-21(30-18)17-9-5-11-29-17/h1-3,5-7,9,11,13H,4,8,10,23H2,(H,24,28). The number of hydrogen-bond donors (Lipinski definition) is 2. The third-order valence-corrected chi connectivity index (χ3v) is 6.48. The molecule has 0 unspecified atom stereocenters. The number of nitrogens with zero attached hydrogens (tertiary/aromatic N) is 4. The number of amides is 1. The molecule has 150 valence electrons. The van der Waals surface area contributed by atoms with E-state index in [1.165, 1.54) is 11.3 Å². The van der Waals surface area contributed by atoms with Gasteiger partial charge in [-0.15, -0.1) is 22.7 Å². The van der Waals surface area contributed by atoms with E-state index >= 15 is 0 Å². The van der Waals surface area contributed by atoms with Crippen molar-refractivity contribution < 1.29 is 4.79 Å². The summed E-state index contributed by atoms with van der Waals surface area (Å²) in [7, 11) is 0. The van der Waals surface area contributed by atoms with Crippen molar-refractivity contribution in [2.24, 2.45) is 0 Å². The molecule has 0 aliphatic heterocycles. The quantitative estimate of drug-likeness (QED) is 0.429. The first-order chi connectivity index (χ1) is 14.7. The Hall–Kier alpha value is -3.48. The molecule has 3 N–H and O–H groups in total. The second-order valence-corrected chi connectivity index (χ2v) is 8.41. The van der Waals surface area contributed by atoms with Crippen molar-refractivity contribution in [2.45, 2.75) is 12.8 Å². The fraction of sp³-hybridized carbons (Fsp3) is 0.143. The van der Waals surface area contributed by atoms with E-state index < -0.39 is 0 Å². The maximum atomic E-state index is 12.4. The number of thiophene rings is 1. The zero-order valence-corrected chi connectivity index (χ0v) is 17.5. The average molecular weight is 435 g/mol. The van der Waals surface area contributed by atoms with Crippen LogP contribution < -0.4 is 11.1 Å². The highest BCUT2D eigenvalue weighted by molar-refractivity contribution is 7.21. The van der Waals surface area contributed by atoms with Crippen LogP contribution in [0.15, 0.2) is 54.0 Å². The largest absolute Gasteiger partial charge is 0.382 e. The maximum absolute atomic E-state index is 12.4. The van der Waals surface area contributed by atoms with Crippen LogP contribution in [0.5, 0.6) is 0 Å². The first kappa shape index (κ1) is 19.8. The van der Waals surface area contributed by atoms with Crippen molar-refractivity contribution in [3.05, 3.63) is 70.2 Å². The molecule has 7 nitrogen and oxygen atoms in total. The number of nitrogens with two attached hydrogens (primary N) is 1. The Balaban J connectivity index is 1.36. The summed E-state index contributed by atoms with van der Waals surface area (Å²) in [6.45, 7) is 0.466. The van der Waals surface area contributed by atoms with Gasteiger partial charge in [-0.2, -0.15) is 10.4 Å². The molecule has 0 saturated carbocycles. The highest BCUT2D eigenvalue weighted by Crippen LogP contribution is 2.28. The predicted octanol–water partition coefficient (Wildman–Crippen LogP) is 3.87. The molecular weight excluding hydrogens is 416 g/mol. The third-order valence-electron chi connectivity index (χ3n) is 4.44. The van der Waals surface area contributed by atoms with E-state index in [1.807, 2.05) is 47.8 Å². The molecule has 4 aromatic rings. The molecule has 3 aromatic heterocycles. The average Bonchev–Trinajstić information content (AvgIpc) is 3.51. The lowest BCUT2D eigenvalue weighted by molar-refractivity contribution is 0.0957. The van der Waals surface area contributed by atoms with Gasteiger partial charge in [0, 0.05) is 6.54 Å². The molecule has 0 fully saturated rings. The van der Waals surface area contributed by atoms with Gasteiger partial charge in [0.1, 0.15) is 27.3 Å². The van der Waals surface area contributed by atoms with Crippen molar-refractivity contribution in [1.82, 2.24) is 20.1 Å². The summed E-state index contributed by atoms with van der Waals surface area (Å²) in [5.41, 5.74) is 7.94. The number of aromatic nitrogens is 3. The third kappa shape index (κ3) is 4.10. The van der Waals surface area contributed by atoms with E-state index in [0.717, 1.165) is 15.6 Å². The van der Waals surface area contributed by atoms with E-state index in [2.05, 4.69) is 21.5 Å². The fourth-order valence-corrected chi connectivity index (χ4v) is 4.62. The van der Waals surface area contributed by atoms with Gasteiger partial charge < -0.3 is 11.1 Å². The van der Waals surface area contributed by atoms with Crippen LogP contribution in [0, 0.1) is 11.3 Å². The monoisotopic (exact) mass is 434 g/mol. The number of thiazole rings is 1. The van der Waals surface area contributed by atoms with E-state index in [-0.39, 0.29) is 5.91 Å². The number of anilines is 1. The molecule has 1 amide bonds. The summed E-state index contributed by atoms with van der Waals surface area (Å²) in [6, 6.07) is 15.5. The summed E-state index contributed by atoms with van der Waals surface area (Å²) in [5, 5.41) is 19.7. The van der Waals surface area contributed by atoms with Gasteiger partial charge in [-0.1, -0.05) is 24.3 Å². The van der Waals surface area contributed by atoms with Crippen LogP contribution in [0.3, 0.4) is 0 Å². The Morgan fingerprint density at radius 1 is 1.23 bits per heavy atom. The van der Waals surface area contributed by atoms with Crippen molar-refractivity contribution in [3.8, 4) is 21.6 Å². The Morgan fingerprint density at radius 3 is 2.80 bits per heavy atom. The minimum Gasteiger partial charge on any atom is -0.382 e. The van der Waals surface area contributed by atoms with Gasteiger partial charge in [0.05, 0.1) is 22.5 Å². The Kier molecular flexibility index (Phi) is 5.88. The summed E-state index contributed by atoms with van der Waals surface area (Å²) in [6.07, 6.45) is 2.78. The van der Waals surface area contributed by atoms with E-state index in [0.29, 0.717) is 41.3 Å². The number of para-hydroxylation sites is 1. The van der Waals surface area contributed by atoms with Crippen molar-refractivity contribution >= 4 is 34.4 Å². The molecule has 9 heteroatoms. The second kappa shape index (κ2) is 8.90. The van der Waals surface area contributed by atoms with Gasteiger partial charge in [0.25, 0.3) is 5.91 Å². The summed E-state index contributed by atoms with van der Waals surface area (Å²) < 4.78 is 1.58. The van der Waals surface area contributed by atoms with E-state index in [4.69, 9.17) is 5.73 Å². The molecular formula is C21H18N6OS2. The summed E-state index contributed by atoms with van der Waals surface area (Å²) in [4.78, 5) is 18.3. The van der Waals surface area contributed by atoms with Gasteiger partial charge in [-0.3, -0.25) is 4.79 Å². The molecule has 0 aliphatic rings. The van der Waals surface area contributed by atoms with Crippen LogP contribution in [-0.4, -0.2) is 27.2 Å². The highest BCUT2D eigenvalue weighted by Gasteiger charge is 2.17. The number of benzene rings is 1. The lowest BCUT2D eigenvalue weighted by Crippen LogP contribution is -2.24. The maximum Gasteiger partial charge on any atom is 0.263 e. The van der Waals surface area contributed by atoms with Gasteiger partial charge in [-0.25, -0.2) is 9.67 Å². The fourth-order valence-electron chi connectivity index (χ4n) is 2.98. The SMILES string of the molecule is N#Cc1c(CCCNC(=O)c2cnc(-c3cccs3)s2)nn(-c2ccccc2)c1N.